The van der Waals surface area contributed by atoms with E-state index in [1.165, 1.54) is 16.7 Å². The standard InChI is InChI=1S/C26H23N3OS/c1-17-6-3-7-18(2)26(17)20-13-24-28-25(14-20)30-22-10-4-8-19(12-22)16-27-21-9-5-11-23(15-21)31-29-24/h3-15,27H,16H2,1-2H3,(H,28,29). The highest BCUT2D eigenvalue weighted by molar-refractivity contribution is 8.00. The van der Waals surface area contributed by atoms with Gasteiger partial charge >= 0.3 is 0 Å². The molecule has 0 unspecified atom stereocenters. The Morgan fingerprint density at radius 2 is 1.68 bits per heavy atom. The van der Waals surface area contributed by atoms with Crippen LogP contribution in [0.15, 0.2) is 83.8 Å². The minimum Gasteiger partial charge on any atom is -0.439 e. The normalized spacial score (nSPS) is 12.7. The summed E-state index contributed by atoms with van der Waals surface area (Å²) in [6, 6.07) is 27.0. The van der Waals surface area contributed by atoms with E-state index in [2.05, 4.69) is 84.6 Å². The van der Waals surface area contributed by atoms with Crippen LogP contribution in [-0.4, -0.2) is 4.98 Å². The Labute approximate surface area is 186 Å². The van der Waals surface area contributed by atoms with Crippen LogP contribution in [0.3, 0.4) is 0 Å². The molecule has 0 saturated heterocycles. The average molecular weight is 426 g/mol. The second kappa shape index (κ2) is 8.36. The Kier molecular flexibility index (Phi) is 5.26. The van der Waals surface area contributed by atoms with Gasteiger partial charge in [-0.3, -0.25) is 0 Å². The summed E-state index contributed by atoms with van der Waals surface area (Å²) < 4.78 is 9.61. The van der Waals surface area contributed by atoms with E-state index in [0.29, 0.717) is 5.88 Å². The van der Waals surface area contributed by atoms with Gasteiger partial charge in [0.2, 0.25) is 5.88 Å². The molecule has 1 aromatic heterocycles. The SMILES string of the molecule is Cc1cccc(C)c1-c1cc2nc(c1)Oc1cccc(c1)CNc1cccc(c1)SN2. The molecule has 5 heteroatoms. The van der Waals surface area contributed by atoms with Crippen LogP contribution in [0.2, 0.25) is 0 Å². The molecule has 0 saturated carbocycles. The maximum Gasteiger partial charge on any atom is 0.221 e. The van der Waals surface area contributed by atoms with Crippen LogP contribution in [0.4, 0.5) is 11.5 Å². The van der Waals surface area contributed by atoms with Crippen molar-refractivity contribution in [2.75, 3.05) is 10.0 Å². The lowest BCUT2D eigenvalue weighted by molar-refractivity contribution is 0.463. The molecule has 0 atom stereocenters. The summed E-state index contributed by atoms with van der Waals surface area (Å²) in [5.74, 6) is 2.10. The number of rotatable bonds is 1. The molecule has 1 aliphatic heterocycles. The number of nitrogens with zero attached hydrogens (tertiary/aromatic N) is 1. The molecule has 0 fully saturated rings. The first kappa shape index (κ1) is 19.5. The fraction of sp³-hybridized carbons (Fsp3) is 0.115. The van der Waals surface area contributed by atoms with Crippen LogP contribution in [0.1, 0.15) is 16.7 Å². The number of hydrogen-bond acceptors (Lipinski definition) is 5. The molecule has 0 aliphatic carbocycles. The van der Waals surface area contributed by atoms with Gasteiger partial charge in [-0.15, -0.1) is 0 Å². The van der Waals surface area contributed by atoms with Crippen LogP contribution in [-0.2, 0) is 6.54 Å². The van der Waals surface area contributed by atoms with E-state index in [4.69, 9.17) is 9.72 Å². The van der Waals surface area contributed by atoms with Crippen molar-refractivity contribution in [1.82, 2.24) is 4.98 Å². The fourth-order valence-electron chi connectivity index (χ4n) is 3.85. The molecule has 2 N–H and O–H groups in total. The third-order valence-electron chi connectivity index (χ3n) is 5.30. The van der Waals surface area contributed by atoms with E-state index < -0.39 is 0 Å². The van der Waals surface area contributed by atoms with E-state index >= 15 is 0 Å². The van der Waals surface area contributed by atoms with Gasteiger partial charge in [0.1, 0.15) is 11.6 Å². The van der Waals surface area contributed by atoms with Gasteiger partial charge in [0.05, 0.1) is 0 Å². The molecule has 1 aliphatic rings. The molecule has 6 bridgehead atoms. The summed E-state index contributed by atoms with van der Waals surface area (Å²) in [5.41, 5.74) is 6.98. The van der Waals surface area contributed by atoms with Crippen molar-refractivity contribution in [2.24, 2.45) is 0 Å². The second-order valence-corrected chi connectivity index (χ2v) is 8.56. The Morgan fingerprint density at radius 1 is 0.871 bits per heavy atom. The number of aryl methyl sites for hydroxylation is 2. The Hall–Kier alpha value is -3.44. The Morgan fingerprint density at radius 3 is 2.55 bits per heavy atom. The number of aromatic nitrogens is 1. The van der Waals surface area contributed by atoms with E-state index in [-0.39, 0.29) is 0 Å². The molecule has 0 radical (unpaired) electrons. The summed E-state index contributed by atoms with van der Waals surface area (Å²) >= 11 is 1.54. The molecule has 0 spiro atoms. The van der Waals surface area contributed by atoms with E-state index in [0.717, 1.165) is 39.8 Å². The summed E-state index contributed by atoms with van der Waals surface area (Å²) in [6.45, 7) is 5.00. The highest BCUT2D eigenvalue weighted by atomic mass is 32.2. The predicted molar refractivity (Wildman–Crippen MR) is 129 cm³/mol. The number of anilines is 2. The van der Waals surface area contributed by atoms with Crippen molar-refractivity contribution in [3.8, 4) is 22.8 Å². The maximum atomic E-state index is 6.21. The van der Waals surface area contributed by atoms with Crippen LogP contribution < -0.4 is 14.8 Å². The van der Waals surface area contributed by atoms with E-state index in [1.54, 1.807) is 11.9 Å². The van der Waals surface area contributed by atoms with Gasteiger partial charge in [-0.25, -0.2) is 0 Å². The van der Waals surface area contributed by atoms with Gasteiger partial charge in [0.25, 0.3) is 0 Å². The van der Waals surface area contributed by atoms with Gasteiger partial charge in [0.15, 0.2) is 0 Å². The van der Waals surface area contributed by atoms with Gasteiger partial charge in [-0.1, -0.05) is 36.4 Å². The molecular formula is C26H23N3OS. The predicted octanol–water partition coefficient (Wildman–Crippen LogP) is 7.20. The Balaban J connectivity index is 1.62. The minimum atomic E-state index is 0.569. The summed E-state index contributed by atoms with van der Waals surface area (Å²) in [6.07, 6.45) is 0. The molecule has 154 valence electrons. The summed E-state index contributed by atoms with van der Waals surface area (Å²) in [7, 11) is 0. The summed E-state index contributed by atoms with van der Waals surface area (Å²) in [4.78, 5) is 5.84. The zero-order valence-electron chi connectivity index (χ0n) is 17.5. The van der Waals surface area contributed by atoms with E-state index in [1.807, 2.05) is 18.2 Å². The minimum absolute atomic E-state index is 0.569. The van der Waals surface area contributed by atoms with Crippen molar-refractivity contribution in [2.45, 2.75) is 25.3 Å². The monoisotopic (exact) mass is 425 g/mol. The zero-order valence-corrected chi connectivity index (χ0v) is 18.3. The maximum absolute atomic E-state index is 6.21. The molecule has 2 heterocycles. The zero-order chi connectivity index (χ0) is 21.2. The fourth-order valence-corrected chi connectivity index (χ4v) is 4.51. The smallest absolute Gasteiger partial charge is 0.221 e. The molecule has 5 rings (SSSR count). The topological polar surface area (TPSA) is 46.2 Å². The summed E-state index contributed by atoms with van der Waals surface area (Å²) in [5, 5.41) is 3.49. The van der Waals surface area contributed by atoms with Crippen LogP contribution >= 0.6 is 11.9 Å². The number of ether oxygens (including phenoxy) is 1. The highest BCUT2D eigenvalue weighted by Crippen LogP contribution is 2.34. The van der Waals surface area contributed by atoms with Crippen molar-refractivity contribution >= 4 is 23.5 Å². The molecule has 3 aromatic carbocycles. The van der Waals surface area contributed by atoms with Crippen LogP contribution in [0.5, 0.6) is 11.6 Å². The molecule has 31 heavy (non-hydrogen) atoms. The number of benzene rings is 3. The van der Waals surface area contributed by atoms with Crippen LogP contribution in [0.25, 0.3) is 11.1 Å². The van der Waals surface area contributed by atoms with Gasteiger partial charge < -0.3 is 14.8 Å². The van der Waals surface area contributed by atoms with Gasteiger partial charge in [0, 0.05) is 23.2 Å². The van der Waals surface area contributed by atoms with Crippen molar-refractivity contribution in [3.63, 3.8) is 0 Å². The average Bonchev–Trinajstić information content (AvgIpc) is 2.76. The van der Waals surface area contributed by atoms with Crippen molar-refractivity contribution in [1.29, 1.82) is 0 Å². The number of nitrogens with one attached hydrogen (secondary N) is 2. The Bertz CT molecular complexity index is 1230. The largest absolute Gasteiger partial charge is 0.439 e. The number of hydrogen-bond donors (Lipinski definition) is 2. The first-order chi connectivity index (χ1) is 15.1. The second-order valence-electron chi connectivity index (χ2n) is 7.68. The molecule has 4 aromatic rings. The quantitative estimate of drug-likeness (QED) is 0.316. The van der Waals surface area contributed by atoms with Crippen molar-refractivity contribution < 1.29 is 4.74 Å². The van der Waals surface area contributed by atoms with Crippen molar-refractivity contribution in [3.05, 3.63) is 95.6 Å². The van der Waals surface area contributed by atoms with Crippen LogP contribution in [0, 0.1) is 13.8 Å². The number of fused-ring (bicyclic) bond motifs is 6. The lowest BCUT2D eigenvalue weighted by Crippen LogP contribution is -2.01. The first-order valence-electron chi connectivity index (χ1n) is 10.3. The van der Waals surface area contributed by atoms with E-state index in [9.17, 15) is 0 Å². The lowest BCUT2D eigenvalue weighted by atomic mass is 9.96. The molecule has 0 amide bonds. The van der Waals surface area contributed by atoms with Gasteiger partial charge in [-0.05, 0) is 90.0 Å². The third kappa shape index (κ3) is 4.37. The molecular weight excluding hydrogens is 402 g/mol. The highest BCUT2D eigenvalue weighted by Gasteiger charge is 2.12. The molecule has 4 nitrogen and oxygen atoms in total. The lowest BCUT2D eigenvalue weighted by Gasteiger charge is -2.16. The number of pyridine rings is 1. The van der Waals surface area contributed by atoms with Gasteiger partial charge in [-0.2, -0.15) is 4.98 Å². The first-order valence-corrected chi connectivity index (χ1v) is 11.1. The third-order valence-corrected chi connectivity index (χ3v) is 6.10.